The van der Waals surface area contributed by atoms with Crippen LogP contribution >= 0.6 is 22.9 Å². The van der Waals surface area contributed by atoms with E-state index in [0.717, 1.165) is 16.8 Å². The first-order chi connectivity index (χ1) is 8.31. The summed E-state index contributed by atoms with van der Waals surface area (Å²) in [6.07, 6.45) is 8.36. The lowest BCUT2D eigenvalue weighted by Gasteiger charge is -2.26. The van der Waals surface area contributed by atoms with Gasteiger partial charge in [-0.1, -0.05) is 44.2 Å². The second-order valence-electron chi connectivity index (χ2n) is 4.93. The van der Waals surface area contributed by atoms with Crippen molar-refractivity contribution in [2.75, 3.05) is 6.54 Å². The molecule has 3 heteroatoms. The van der Waals surface area contributed by atoms with Crippen LogP contribution in [0, 0.1) is 5.92 Å². The maximum Gasteiger partial charge on any atom is 0.0931 e. The molecule has 1 nitrogen and oxygen atoms in total. The molecule has 1 aliphatic carbocycles. The summed E-state index contributed by atoms with van der Waals surface area (Å²) in [6, 6.07) is 4.75. The van der Waals surface area contributed by atoms with Crippen LogP contribution < -0.4 is 5.32 Å². The van der Waals surface area contributed by atoms with Crippen molar-refractivity contribution >= 4 is 22.9 Å². The van der Waals surface area contributed by atoms with Crippen molar-refractivity contribution in [3.05, 3.63) is 21.3 Å². The van der Waals surface area contributed by atoms with Crippen LogP contribution in [-0.2, 0) is 0 Å². The highest BCUT2D eigenvalue weighted by molar-refractivity contribution is 7.16. The Labute approximate surface area is 114 Å². The van der Waals surface area contributed by atoms with Gasteiger partial charge in [0.05, 0.1) is 4.34 Å². The van der Waals surface area contributed by atoms with E-state index in [-0.39, 0.29) is 0 Å². The van der Waals surface area contributed by atoms with E-state index in [9.17, 15) is 0 Å². The number of hydrogen-bond donors (Lipinski definition) is 1. The molecule has 0 aliphatic heterocycles. The van der Waals surface area contributed by atoms with Gasteiger partial charge in [0.25, 0.3) is 0 Å². The number of hydrogen-bond acceptors (Lipinski definition) is 2. The van der Waals surface area contributed by atoms with Gasteiger partial charge in [0.1, 0.15) is 0 Å². The summed E-state index contributed by atoms with van der Waals surface area (Å²) in [5.41, 5.74) is 0. The molecule has 0 aromatic carbocycles. The second-order valence-corrected chi connectivity index (χ2v) is 6.68. The Morgan fingerprint density at radius 1 is 1.29 bits per heavy atom. The predicted molar refractivity (Wildman–Crippen MR) is 76.9 cm³/mol. The van der Waals surface area contributed by atoms with Gasteiger partial charge in [-0.25, -0.2) is 0 Å². The summed E-state index contributed by atoms with van der Waals surface area (Å²) >= 11 is 7.81. The molecule has 1 atom stereocenters. The maximum absolute atomic E-state index is 6.07. The van der Waals surface area contributed by atoms with E-state index in [1.165, 1.54) is 43.4 Å². The van der Waals surface area contributed by atoms with Crippen LogP contribution in [0.4, 0.5) is 0 Å². The predicted octanol–water partition coefficient (Wildman–Crippen LogP) is 5.02. The topological polar surface area (TPSA) is 12.0 Å². The van der Waals surface area contributed by atoms with Gasteiger partial charge in [0.15, 0.2) is 0 Å². The van der Waals surface area contributed by atoms with Gasteiger partial charge >= 0.3 is 0 Å². The smallest absolute Gasteiger partial charge is 0.0931 e. The molecular weight excluding hydrogens is 250 g/mol. The van der Waals surface area contributed by atoms with Crippen molar-refractivity contribution in [3.63, 3.8) is 0 Å². The van der Waals surface area contributed by atoms with Gasteiger partial charge in [-0.3, -0.25) is 0 Å². The SMILES string of the molecule is CCNC(c1ccc(Cl)s1)C1CCCCCC1. The van der Waals surface area contributed by atoms with E-state index in [4.69, 9.17) is 11.6 Å². The molecule has 2 rings (SSSR count). The van der Waals surface area contributed by atoms with Crippen molar-refractivity contribution in [1.82, 2.24) is 5.32 Å². The van der Waals surface area contributed by atoms with Crippen molar-refractivity contribution in [2.45, 2.75) is 51.5 Å². The molecule has 96 valence electrons. The lowest BCUT2D eigenvalue weighted by atomic mass is 9.91. The van der Waals surface area contributed by atoms with E-state index in [0.29, 0.717) is 6.04 Å². The fourth-order valence-electron chi connectivity index (χ4n) is 2.86. The van der Waals surface area contributed by atoms with Crippen molar-refractivity contribution in [1.29, 1.82) is 0 Å². The quantitative estimate of drug-likeness (QED) is 0.758. The van der Waals surface area contributed by atoms with E-state index in [2.05, 4.69) is 18.3 Å². The lowest BCUT2D eigenvalue weighted by molar-refractivity contribution is 0.334. The molecular formula is C14H22ClNS. The molecule has 17 heavy (non-hydrogen) atoms. The monoisotopic (exact) mass is 271 g/mol. The molecule has 0 radical (unpaired) electrons. The average Bonchev–Trinajstić information content (AvgIpc) is 2.60. The van der Waals surface area contributed by atoms with Crippen LogP contribution in [0.15, 0.2) is 12.1 Å². The molecule has 0 amide bonds. The van der Waals surface area contributed by atoms with Gasteiger partial charge in [-0.2, -0.15) is 0 Å². The van der Waals surface area contributed by atoms with Crippen LogP contribution in [0.5, 0.6) is 0 Å². The van der Waals surface area contributed by atoms with E-state index < -0.39 is 0 Å². The highest BCUT2D eigenvalue weighted by Crippen LogP contribution is 2.37. The molecule has 0 bridgehead atoms. The fourth-order valence-corrected chi connectivity index (χ4v) is 4.09. The summed E-state index contributed by atoms with van der Waals surface area (Å²) < 4.78 is 0.913. The van der Waals surface area contributed by atoms with Crippen LogP contribution in [0.2, 0.25) is 4.34 Å². The normalized spacial score (nSPS) is 20.1. The van der Waals surface area contributed by atoms with Gasteiger partial charge in [0, 0.05) is 10.9 Å². The minimum Gasteiger partial charge on any atom is -0.309 e. The van der Waals surface area contributed by atoms with Crippen LogP contribution in [0.25, 0.3) is 0 Å². The molecule has 1 N–H and O–H groups in total. The zero-order valence-corrected chi connectivity index (χ0v) is 12.1. The summed E-state index contributed by atoms with van der Waals surface area (Å²) in [7, 11) is 0. The summed E-state index contributed by atoms with van der Waals surface area (Å²) in [5, 5.41) is 3.66. The van der Waals surface area contributed by atoms with Gasteiger partial charge in [-0.05, 0) is 37.4 Å². The highest BCUT2D eigenvalue weighted by atomic mass is 35.5. The Hall–Kier alpha value is -0.0500. The molecule has 0 spiro atoms. The zero-order chi connectivity index (χ0) is 12.1. The first kappa shape index (κ1) is 13.4. The Morgan fingerprint density at radius 3 is 2.53 bits per heavy atom. The number of rotatable bonds is 4. The Balaban J connectivity index is 2.09. The third kappa shape index (κ3) is 3.70. The van der Waals surface area contributed by atoms with Crippen LogP contribution in [-0.4, -0.2) is 6.54 Å². The standard InChI is InChI=1S/C14H22ClNS/c1-2-16-14(12-9-10-13(15)17-12)11-7-5-3-4-6-8-11/h9-11,14,16H,2-8H2,1H3. The van der Waals surface area contributed by atoms with Crippen molar-refractivity contribution in [2.24, 2.45) is 5.92 Å². The first-order valence-electron chi connectivity index (χ1n) is 6.80. The number of halogens is 1. The van der Waals surface area contributed by atoms with Crippen LogP contribution in [0.1, 0.15) is 56.4 Å². The molecule has 1 fully saturated rings. The zero-order valence-electron chi connectivity index (χ0n) is 10.5. The van der Waals surface area contributed by atoms with Crippen LogP contribution in [0.3, 0.4) is 0 Å². The summed E-state index contributed by atoms with van der Waals surface area (Å²) in [5.74, 6) is 0.798. The third-order valence-corrected chi connectivity index (χ3v) is 5.01. The van der Waals surface area contributed by atoms with Gasteiger partial charge in [0.2, 0.25) is 0 Å². The largest absolute Gasteiger partial charge is 0.309 e. The molecule has 1 aromatic heterocycles. The fraction of sp³-hybridized carbons (Fsp3) is 0.714. The number of nitrogens with one attached hydrogen (secondary N) is 1. The van der Waals surface area contributed by atoms with E-state index in [1.807, 2.05) is 6.07 Å². The Morgan fingerprint density at radius 2 is 2.00 bits per heavy atom. The minimum absolute atomic E-state index is 0.524. The molecule has 1 unspecified atom stereocenters. The van der Waals surface area contributed by atoms with Gasteiger partial charge < -0.3 is 5.32 Å². The molecule has 1 heterocycles. The second kappa shape index (κ2) is 6.77. The molecule has 0 saturated heterocycles. The van der Waals surface area contributed by atoms with Crippen molar-refractivity contribution < 1.29 is 0 Å². The van der Waals surface area contributed by atoms with E-state index >= 15 is 0 Å². The Bertz CT molecular complexity index is 329. The van der Waals surface area contributed by atoms with Crippen molar-refractivity contribution in [3.8, 4) is 0 Å². The number of thiophene rings is 1. The third-order valence-electron chi connectivity index (χ3n) is 3.70. The summed E-state index contributed by atoms with van der Waals surface area (Å²) in [6.45, 7) is 3.23. The molecule has 1 saturated carbocycles. The lowest BCUT2D eigenvalue weighted by Crippen LogP contribution is -2.27. The summed E-state index contributed by atoms with van der Waals surface area (Å²) in [4.78, 5) is 1.42. The Kier molecular flexibility index (Phi) is 5.33. The molecule has 1 aromatic rings. The van der Waals surface area contributed by atoms with E-state index in [1.54, 1.807) is 11.3 Å². The first-order valence-corrected chi connectivity index (χ1v) is 7.99. The highest BCUT2D eigenvalue weighted by Gasteiger charge is 2.24. The van der Waals surface area contributed by atoms with Gasteiger partial charge in [-0.15, -0.1) is 11.3 Å². The molecule has 1 aliphatic rings. The minimum atomic E-state index is 0.524. The average molecular weight is 272 g/mol. The maximum atomic E-state index is 6.07.